The minimum absolute atomic E-state index is 0.146. The summed E-state index contributed by atoms with van der Waals surface area (Å²) in [6, 6.07) is 11.5. The second kappa shape index (κ2) is 10.7. The Balaban J connectivity index is 1.53. The van der Waals surface area contributed by atoms with Crippen molar-refractivity contribution in [3.05, 3.63) is 58.1 Å². The minimum atomic E-state index is -3.56. The summed E-state index contributed by atoms with van der Waals surface area (Å²) in [6.45, 7) is 2.60. The molecular weight excluding hydrogens is 459 g/mol. The Morgan fingerprint density at radius 1 is 1.16 bits per heavy atom. The molecule has 1 aliphatic heterocycles. The van der Waals surface area contributed by atoms with Gasteiger partial charge in [-0.1, -0.05) is 47.3 Å². The monoisotopic (exact) mass is 484 g/mol. The number of rotatable bonds is 8. The van der Waals surface area contributed by atoms with Crippen molar-refractivity contribution in [1.82, 2.24) is 9.62 Å². The fourth-order valence-electron chi connectivity index (χ4n) is 3.59. The van der Waals surface area contributed by atoms with Crippen LogP contribution in [0.4, 0.5) is 0 Å². The molecule has 6 nitrogen and oxygen atoms in total. The summed E-state index contributed by atoms with van der Waals surface area (Å²) < 4.78 is 33.2. The number of hydrogen-bond acceptors (Lipinski definition) is 4. The van der Waals surface area contributed by atoms with E-state index in [1.807, 2.05) is 6.92 Å². The van der Waals surface area contributed by atoms with Crippen LogP contribution in [0.25, 0.3) is 0 Å². The Morgan fingerprint density at radius 2 is 1.90 bits per heavy atom. The van der Waals surface area contributed by atoms with Gasteiger partial charge in [0, 0.05) is 24.2 Å². The van der Waals surface area contributed by atoms with Crippen molar-refractivity contribution in [3.8, 4) is 5.75 Å². The van der Waals surface area contributed by atoms with Gasteiger partial charge in [0.25, 0.3) is 5.91 Å². The first-order chi connectivity index (χ1) is 14.8. The number of amides is 1. The van der Waals surface area contributed by atoms with E-state index in [1.165, 1.54) is 0 Å². The van der Waals surface area contributed by atoms with Crippen molar-refractivity contribution in [2.75, 3.05) is 19.7 Å². The zero-order chi connectivity index (χ0) is 22.4. The van der Waals surface area contributed by atoms with Crippen LogP contribution in [0.5, 0.6) is 5.75 Å². The maximum absolute atomic E-state index is 13.1. The summed E-state index contributed by atoms with van der Waals surface area (Å²) in [7, 11) is -3.56. The van der Waals surface area contributed by atoms with E-state index in [1.54, 1.807) is 46.8 Å². The first-order valence-corrected chi connectivity index (χ1v) is 12.4. The summed E-state index contributed by atoms with van der Waals surface area (Å²) in [5.41, 5.74) is 1.01. The third-order valence-electron chi connectivity index (χ3n) is 5.25. The van der Waals surface area contributed by atoms with Gasteiger partial charge in [0.05, 0.1) is 9.92 Å². The third-order valence-corrected chi connectivity index (χ3v) is 7.75. The Morgan fingerprint density at radius 3 is 2.61 bits per heavy atom. The number of hydrogen-bond donors (Lipinski definition) is 1. The van der Waals surface area contributed by atoms with Gasteiger partial charge in [-0.15, -0.1) is 0 Å². The van der Waals surface area contributed by atoms with Crippen LogP contribution in [-0.4, -0.2) is 44.4 Å². The molecule has 1 unspecified atom stereocenters. The SMILES string of the molecule is Cc1ccc(S(=O)(=O)N2CCCCC2CCNC(=O)COc2ccc(Cl)cc2Cl)cc1. The number of benzene rings is 2. The Bertz CT molecular complexity index is 1010. The van der Waals surface area contributed by atoms with Crippen molar-refractivity contribution >= 4 is 39.1 Å². The highest BCUT2D eigenvalue weighted by Crippen LogP contribution is 2.28. The molecule has 0 spiro atoms. The lowest BCUT2D eigenvalue weighted by molar-refractivity contribution is -0.123. The molecule has 1 N–H and O–H groups in total. The van der Waals surface area contributed by atoms with Gasteiger partial charge in [0.1, 0.15) is 5.75 Å². The van der Waals surface area contributed by atoms with E-state index >= 15 is 0 Å². The van der Waals surface area contributed by atoms with E-state index in [2.05, 4.69) is 5.32 Å². The van der Waals surface area contributed by atoms with E-state index in [0.717, 1.165) is 24.8 Å². The molecule has 0 radical (unpaired) electrons. The van der Waals surface area contributed by atoms with Crippen molar-refractivity contribution in [3.63, 3.8) is 0 Å². The lowest BCUT2D eigenvalue weighted by atomic mass is 10.0. The summed E-state index contributed by atoms with van der Waals surface area (Å²) in [5, 5.41) is 3.61. The van der Waals surface area contributed by atoms with Crippen LogP contribution in [0.2, 0.25) is 10.0 Å². The predicted octanol–water partition coefficient (Wildman–Crippen LogP) is 4.43. The predicted molar refractivity (Wildman–Crippen MR) is 122 cm³/mol. The minimum Gasteiger partial charge on any atom is -0.482 e. The molecule has 0 saturated carbocycles. The van der Waals surface area contributed by atoms with E-state index in [9.17, 15) is 13.2 Å². The van der Waals surface area contributed by atoms with E-state index in [0.29, 0.717) is 40.2 Å². The van der Waals surface area contributed by atoms with Crippen LogP contribution in [0.3, 0.4) is 0 Å². The topological polar surface area (TPSA) is 75.7 Å². The summed E-state index contributed by atoms with van der Waals surface area (Å²) in [4.78, 5) is 12.4. The maximum atomic E-state index is 13.1. The highest BCUT2D eigenvalue weighted by Gasteiger charge is 2.33. The van der Waals surface area contributed by atoms with Gasteiger partial charge in [-0.3, -0.25) is 4.79 Å². The molecule has 3 rings (SSSR count). The average Bonchev–Trinajstić information content (AvgIpc) is 2.74. The van der Waals surface area contributed by atoms with Crippen molar-refractivity contribution < 1.29 is 17.9 Å². The molecule has 1 aliphatic rings. The molecule has 0 bridgehead atoms. The number of nitrogens with zero attached hydrogens (tertiary/aromatic N) is 1. The lowest BCUT2D eigenvalue weighted by Gasteiger charge is -2.34. The number of piperidine rings is 1. The van der Waals surface area contributed by atoms with Crippen LogP contribution in [0, 0.1) is 6.92 Å². The van der Waals surface area contributed by atoms with Crippen molar-refractivity contribution in [1.29, 1.82) is 0 Å². The van der Waals surface area contributed by atoms with Gasteiger partial charge >= 0.3 is 0 Å². The number of sulfonamides is 1. The molecule has 1 heterocycles. The van der Waals surface area contributed by atoms with Gasteiger partial charge in [-0.2, -0.15) is 4.31 Å². The number of carbonyl (C=O) groups excluding carboxylic acids is 1. The first-order valence-electron chi connectivity index (χ1n) is 10.2. The van der Waals surface area contributed by atoms with Gasteiger partial charge in [0.15, 0.2) is 6.61 Å². The molecule has 2 aromatic carbocycles. The zero-order valence-corrected chi connectivity index (χ0v) is 19.6. The molecule has 1 fully saturated rings. The molecule has 2 aromatic rings. The summed E-state index contributed by atoms with van der Waals surface area (Å²) >= 11 is 11.9. The van der Waals surface area contributed by atoms with Gasteiger partial charge in [0.2, 0.25) is 10.0 Å². The standard InChI is InChI=1S/C22H26Cl2N2O4S/c1-16-5-8-19(9-6-16)31(28,29)26-13-3-2-4-18(26)11-12-25-22(27)15-30-21-10-7-17(23)14-20(21)24/h5-10,14,18H,2-4,11-13,15H2,1H3,(H,25,27). The molecule has 168 valence electrons. The zero-order valence-electron chi connectivity index (χ0n) is 17.3. The average molecular weight is 485 g/mol. The lowest BCUT2D eigenvalue weighted by Crippen LogP contribution is -2.45. The largest absolute Gasteiger partial charge is 0.482 e. The quantitative estimate of drug-likeness (QED) is 0.600. The van der Waals surface area contributed by atoms with Crippen molar-refractivity contribution in [2.24, 2.45) is 0 Å². The Kier molecular flexibility index (Phi) is 8.22. The fourth-order valence-corrected chi connectivity index (χ4v) is 5.78. The van der Waals surface area contributed by atoms with Crippen LogP contribution < -0.4 is 10.1 Å². The number of halogens is 2. The smallest absolute Gasteiger partial charge is 0.257 e. The number of ether oxygens (including phenoxy) is 1. The summed E-state index contributed by atoms with van der Waals surface area (Å²) in [6.07, 6.45) is 3.12. The number of aryl methyl sites for hydroxylation is 1. The highest BCUT2D eigenvalue weighted by molar-refractivity contribution is 7.89. The molecule has 1 amide bonds. The van der Waals surface area contributed by atoms with Crippen LogP contribution in [0.1, 0.15) is 31.2 Å². The van der Waals surface area contributed by atoms with E-state index in [-0.39, 0.29) is 18.6 Å². The molecule has 1 atom stereocenters. The fraction of sp³-hybridized carbons (Fsp3) is 0.409. The van der Waals surface area contributed by atoms with E-state index in [4.69, 9.17) is 27.9 Å². The number of nitrogens with one attached hydrogen (secondary N) is 1. The third kappa shape index (κ3) is 6.35. The van der Waals surface area contributed by atoms with E-state index < -0.39 is 10.0 Å². The summed E-state index contributed by atoms with van der Waals surface area (Å²) in [5.74, 6) is 0.0821. The normalized spacial score (nSPS) is 17.3. The molecule has 1 saturated heterocycles. The second-order valence-electron chi connectivity index (χ2n) is 7.58. The highest BCUT2D eigenvalue weighted by atomic mass is 35.5. The van der Waals surface area contributed by atoms with Crippen molar-refractivity contribution in [2.45, 2.75) is 43.5 Å². The van der Waals surface area contributed by atoms with Gasteiger partial charge in [-0.05, 0) is 56.5 Å². The van der Waals surface area contributed by atoms with Crippen LogP contribution in [0.15, 0.2) is 47.4 Å². The van der Waals surface area contributed by atoms with Crippen LogP contribution in [-0.2, 0) is 14.8 Å². The Hall–Kier alpha value is -1.80. The maximum Gasteiger partial charge on any atom is 0.257 e. The van der Waals surface area contributed by atoms with Crippen LogP contribution >= 0.6 is 23.2 Å². The number of carbonyl (C=O) groups is 1. The van der Waals surface area contributed by atoms with Gasteiger partial charge < -0.3 is 10.1 Å². The Labute approximate surface area is 193 Å². The first kappa shape index (κ1) is 23.9. The molecule has 0 aromatic heterocycles. The molecule has 31 heavy (non-hydrogen) atoms. The molecular formula is C22H26Cl2N2O4S. The molecule has 9 heteroatoms. The second-order valence-corrected chi connectivity index (χ2v) is 10.3. The molecule has 0 aliphatic carbocycles. The van der Waals surface area contributed by atoms with Gasteiger partial charge in [-0.25, -0.2) is 8.42 Å².